The van der Waals surface area contributed by atoms with Crippen LogP contribution in [0.2, 0.25) is 0 Å². The number of piperidine rings is 1. The summed E-state index contributed by atoms with van der Waals surface area (Å²) in [5.74, 6) is 0.496. The smallest absolute Gasteiger partial charge is 0.257 e. The SMILES string of the molecule is CCCCOc1cccc(C(=O)NC(=S)NC2CCN(Cc3ccccc3)CC2)c1. The molecule has 30 heavy (non-hydrogen) atoms. The first-order valence-electron chi connectivity index (χ1n) is 10.7. The molecule has 1 heterocycles. The van der Waals surface area contributed by atoms with Gasteiger partial charge in [0.05, 0.1) is 6.61 Å². The highest BCUT2D eigenvalue weighted by molar-refractivity contribution is 7.80. The summed E-state index contributed by atoms with van der Waals surface area (Å²) in [6.45, 7) is 5.78. The molecule has 1 saturated heterocycles. The first kappa shape index (κ1) is 22.2. The molecule has 0 saturated carbocycles. The van der Waals surface area contributed by atoms with Gasteiger partial charge < -0.3 is 10.1 Å². The van der Waals surface area contributed by atoms with E-state index in [1.807, 2.05) is 18.2 Å². The normalized spacial score (nSPS) is 14.8. The molecule has 3 rings (SSSR count). The highest BCUT2D eigenvalue weighted by atomic mass is 32.1. The maximum atomic E-state index is 12.5. The minimum Gasteiger partial charge on any atom is -0.494 e. The molecule has 0 aromatic heterocycles. The number of hydrogen-bond donors (Lipinski definition) is 2. The van der Waals surface area contributed by atoms with Crippen LogP contribution >= 0.6 is 12.2 Å². The van der Waals surface area contributed by atoms with Crippen LogP contribution in [0, 0.1) is 0 Å². The van der Waals surface area contributed by atoms with Crippen LogP contribution < -0.4 is 15.4 Å². The van der Waals surface area contributed by atoms with Gasteiger partial charge >= 0.3 is 0 Å². The molecule has 0 unspecified atom stereocenters. The van der Waals surface area contributed by atoms with E-state index < -0.39 is 0 Å². The Balaban J connectivity index is 1.41. The van der Waals surface area contributed by atoms with E-state index in [1.165, 1.54) is 5.56 Å². The van der Waals surface area contributed by atoms with Gasteiger partial charge in [-0.15, -0.1) is 0 Å². The fourth-order valence-electron chi connectivity index (χ4n) is 3.54. The minimum absolute atomic E-state index is 0.213. The fourth-order valence-corrected chi connectivity index (χ4v) is 3.79. The van der Waals surface area contributed by atoms with Crippen molar-refractivity contribution in [2.75, 3.05) is 19.7 Å². The zero-order valence-corrected chi connectivity index (χ0v) is 18.4. The molecule has 5 nitrogen and oxygen atoms in total. The summed E-state index contributed by atoms with van der Waals surface area (Å²) >= 11 is 5.38. The first-order chi connectivity index (χ1) is 14.6. The lowest BCUT2D eigenvalue weighted by Gasteiger charge is -2.32. The number of nitrogens with one attached hydrogen (secondary N) is 2. The molecule has 0 spiro atoms. The third-order valence-electron chi connectivity index (χ3n) is 5.26. The second-order valence-electron chi connectivity index (χ2n) is 7.69. The number of ether oxygens (including phenoxy) is 1. The Bertz CT molecular complexity index is 820. The number of carbonyl (C=O) groups is 1. The zero-order chi connectivity index (χ0) is 21.2. The Kier molecular flexibility index (Phi) is 8.66. The van der Waals surface area contributed by atoms with Gasteiger partial charge in [0.15, 0.2) is 5.11 Å². The fraction of sp³-hybridized carbons (Fsp3) is 0.417. The van der Waals surface area contributed by atoms with Gasteiger partial charge in [0.25, 0.3) is 5.91 Å². The van der Waals surface area contributed by atoms with E-state index in [9.17, 15) is 4.79 Å². The summed E-state index contributed by atoms with van der Waals surface area (Å²) in [5, 5.41) is 6.49. The lowest BCUT2D eigenvalue weighted by molar-refractivity contribution is 0.0975. The molecule has 2 N–H and O–H groups in total. The third kappa shape index (κ3) is 7.11. The van der Waals surface area contributed by atoms with Crippen LogP contribution in [0.3, 0.4) is 0 Å². The quantitative estimate of drug-likeness (QED) is 0.492. The van der Waals surface area contributed by atoms with Crippen molar-refractivity contribution in [3.05, 3.63) is 65.7 Å². The molecular formula is C24H31N3O2S. The van der Waals surface area contributed by atoms with Crippen LogP contribution in [-0.4, -0.2) is 41.7 Å². The molecule has 2 aromatic rings. The van der Waals surface area contributed by atoms with Crippen molar-refractivity contribution in [1.29, 1.82) is 0 Å². The molecule has 1 aliphatic heterocycles. The van der Waals surface area contributed by atoms with Crippen molar-refractivity contribution in [2.45, 2.75) is 45.2 Å². The monoisotopic (exact) mass is 425 g/mol. The van der Waals surface area contributed by atoms with Crippen LogP contribution in [-0.2, 0) is 6.54 Å². The molecule has 1 aliphatic rings. The van der Waals surface area contributed by atoms with Crippen molar-refractivity contribution in [3.63, 3.8) is 0 Å². The second-order valence-corrected chi connectivity index (χ2v) is 8.10. The Morgan fingerprint density at radius 3 is 2.63 bits per heavy atom. The maximum absolute atomic E-state index is 12.5. The molecule has 1 fully saturated rings. The van der Waals surface area contributed by atoms with Gasteiger partial charge in [0, 0.05) is 31.2 Å². The van der Waals surface area contributed by atoms with Crippen molar-refractivity contribution in [2.24, 2.45) is 0 Å². The standard InChI is InChI=1S/C24H31N3O2S/c1-2-3-16-29-22-11-7-10-20(17-22)23(28)26-24(30)25-21-12-14-27(15-13-21)18-19-8-5-4-6-9-19/h4-11,17,21H,2-3,12-16,18H2,1H3,(H2,25,26,28,30). The number of carbonyl (C=O) groups excluding carboxylic acids is 1. The predicted molar refractivity (Wildman–Crippen MR) is 125 cm³/mol. The van der Waals surface area contributed by atoms with Crippen molar-refractivity contribution in [1.82, 2.24) is 15.5 Å². The Labute approximate surface area is 184 Å². The second kappa shape index (κ2) is 11.7. The lowest BCUT2D eigenvalue weighted by Crippen LogP contribution is -2.48. The average Bonchev–Trinajstić information content (AvgIpc) is 2.76. The minimum atomic E-state index is -0.213. The number of thiocarbonyl (C=S) groups is 1. The van der Waals surface area contributed by atoms with Crippen LogP contribution in [0.15, 0.2) is 54.6 Å². The third-order valence-corrected chi connectivity index (χ3v) is 5.48. The van der Waals surface area contributed by atoms with E-state index in [0.29, 0.717) is 23.0 Å². The number of unbranched alkanes of at least 4 members (excludes halogenated alkanes) is 1. The Hall–Kier alpha value is -2.44. The largest absolute Gasteiger partial charge is 0.494 e. The van der Waals surface area contributed by atoms with E-state index in [0.717, 1.165) is 45.3 Å². The molecule has 6 heteroatoms. The van der Waals surface area contributed by atoms with E-state index >= 15 is 0 Å². The van der Waals surface area contributed by atoms with Gasteiger partial charge in [-0.1, -0.05) is 49.7 Å². The van der Waals surface area contributed by atoms with Crippen LogP contribution in [0.25, 0.3) is 0 Å². The molecule has 0 radical (unpaired) electrons. The average molecular weight is 426 g/mol. The van der Waals surface area contributed by atoms with E-state index in [2.05, 4.69) is 46.7 Å². The summed E-state index contributed by atoms with van der Waals surface area (Å²) in [5.41, 5.74) is 1.89. The molecule has 0 bridgehead atoms. The van der Waals surface area contributed by atoms with Crippen LogP contribution in [0.5, 0.6) is 5.75 Å². The number of amides is 1. The summed E-state index contributed by atoms with van der Waals surface area (Å²) in [4.78, 5) is 15.0. The molecule has 0 aliphatic carbocycles. The number of nitrogens with zero attached hydrogens (tertiary/aromatic N) is 1. The molecular weight excluding hydrogens is 394 g/mol. The highest BCUT2D eigenvalue weighted by Crippen LogP contribution is 2.15. The van der Waals surface area contributed by atoms with E-state index in [4.69, 9.17) is 17.0 Å². The Morgan fingerprint density at radius 1 is 1.13 bits per heavy atom. The number of hydrogen-bond acceptors (Lipinski definition) is 4. The van der Waals surface area contributed by atoms with Crippen LogP contribution in [0.1, 0.15) is 48.5 Å². The van der Waals surface area contributed by atoms with Gasteiger partial charge in [-0.2, -0.15) is 0 Å². The van der Waals surface area contributed by atoms with Crippen molar-refractivity contribution < 1.29 is 9.53 Å². The highest BCUT2D eigenvalue weighted by Gasteiger charge is 2.20. The number of likely N-dealkylation sites (tertiary alicyclic amines) is 1. The van der Waals surface area contributed by atoms with Gasteiger partial charge in [0.1, 0.15) is 5.75 Å². The number of rotatable bonds is 8. The summed E-state index contributed by atoms with van der Waals surface area (Å²) < 4.78 is 5.68. The van der Waals surface area contributed by atoms with Crippen LogP contribution in [0.4, 0.5) is 0 Å². The van der Waals surface area contributed by atoms with E-state index in [1.54, 1.807) is 12.1 Å². The van der Waals surface area contributed by atoms with Gasteiger partial charge in [0.2, 0.25) is 0 Å². The molecule has 1 amide bonds. The zero-order valence-electron chi connectivity index (χ0n) is 17.6. The van der Waals surface area contributed by atoms with Crippen molar-refractivity contribution in [3.8, 4) is 5.75 Å². The Morgan fingerprint density at radius 2 is 1.90 bits per heavy atom. The lowest BCUT2D eigenvalue weighted by atomic mass is 10.0. The molecule has 2 aromatic carbocycles. The molecule has 160 valence electrons. The predicted octanol–water partition coefficient (Wildman–Crippen LogP) is 4.13. The maximum Gasteiger partial charge on any atom is 0.257 e. The van der Waals surface area contributed by atoms with Gasteiger partial charge in [-0.25, -0.2) is 0 Å². The van der Waals surface area contributed by atoms with Gasteiger partial charge in [-0.05, 0) is 55.2 Å². The molecule has 0 atom stereocenters. The summed E-state index contributed by atoms with van der Waals surface area (Å²) in [6, 6.07) is 18.1. The first-order valence-corrected chi connectivity index (χ1v) is 11.2. The number of benzene rings is 2. The summed E-state index contributed by atoms with van der Waals surface area (Å²) in [7, 11) is 0. The van der Waals surface area contributed by atoms with E-state index in [-0.39, 0.29) is 11.9 Å². The topological polar surface area (TPSA) is 53.6 Å². The summed E-state index contributed by atoms with van der Waals surface area (Å²) in [6.07, 6.45) is 4.08. The van der Waals surface area contributed by atoms with Gasteiger partial charge in [-0.3, -0.25) is 15.0 Å². The van der Waals surface area contributed by atoms with Crippen molar-refractivity contribution >= 4 is 23.2 Å².